The van der Waals surface area contributed by atoms with Crippen molar-refractivity contribution in [1.29, 1.82) is 0 Å². The second-order valence-corrected chi connectivity index (χ2v) is 3.47. The van der Waals surface area contributed by atoms with Gasteiger partial charge in [-0.3, -0.25) is 0 Å². The molecule has 0 unspecified atom stereocenters. The van der Waals surface area contributed by atoms with Crippen LogP contribution in [0.1, 0.15) is 0 Å². The molecular weight excluding hydrogens is 240 g/mol. The summed E-state index contributed by atoms with van der Waals surface area (Å²) in [5, 5.41) is 5.36. The van der Waals surface area contributed by atoms with Gasteiger partial charge in [0.2, 0.25) is 0 Å². The highest BCUT2D eigenvalue weighted by Gasteiger charge is 2.04. The summed E-state index contributed by atoms with van der Waals surface area (Å²) >= 11 is 5.45. The molecule has 2 amide bonds. The number of amides is 2. The molecule has 4 nitrogen and oxygen atoms in total. The summed E-state index contributed by atoms with van der Waals surface area (Å²) in [5.74, 6) is 1.06. The first kappa shape index (κ1) is 13.4. The van der Waals surface area contributed by atoms with Crippen LogP contribution in [0, 0.1) is 0 Å². The number of allylic oxidation sites excluding steroid dienone is 1. The number of para-hydroxylation sites is 2. The van der Waals surface area contributed by atoms with E-state index in [0.717, 1.165) is 0 Å². The lowest BCUT2D eigenvalue weighted by molar-refractivity contribution is 0.253. The van der Waals surface area contributed by atoms with Crippen molar-refractivity contribution in [3.8, 4) is 5.75 Å². The van der Waals surface area contributed by atoms with Gasteiger partial charge in [0.15, 0.2) is 0 Å². The van der Waals surface area contributed by atoms with Crippen LogP contribution in [-0.2, 0) is 0 Å². The summed E-state index contributed by atoms with van der Waals surface area (Å²) in [6.07, 6.45) is 3.56. The number of anilines is 1. The molecule has 0 aliphatic rings. The van der Waals surface area contributed by atoms with Crippen molar-refractivity contribution < 1.29 is 9.53 Å². The van der Waals surface area contributed by atoms with Crippen LogP contribution in [0.5, 0.6) is 5.75 Å². The highest BCUT2D eigenvalue weighted by atomic mass is 35.5. The van der Waals surface area contributed by atoms with Crippen molar-refractivity contribution in [3.63, 3.8) is 0 Å². The van der Waals surface area contributed by atoms with E-state index in [0.29, 0.717) is 23.9 Å². The van der Waals surface area contributed by atoms with Crippen LogP contribution in [0.15, 0.2) is 36.4 Å². The van der Waals surface area contributed by atoms with Crippen molar-refractivity contribution in [1.82, 2.24) is 5.32 Å². The van der Waals surface area contributed by atoms with E-state index in [9.17, 15) is 4.79 Å². The molecule has 1 aromatic carbocycles. The van der Waals surface area contributed by atoms with Gasteiger partial charge in [-0.25, -0.2) is 4.79 Å². The van der Waals surface area contributed by atoms with Crippen LogP contribution in [0.3, 0.4) is 0 Å². The van der Waals surface area contributed by atoms with E-state index >= 15 is 0 Å². The number of rotatable bonds is 5. The highest BCUT2D eigenvalue weighted by Crippen LogP contribution is 2.22. The molecule has 5 heteroatoms. The third-order valence-electron chi connectivity index (χ3n) is 1.99. The average Bonchev–Trinajstić information content (AvgIpc) is 2.35. The summed E-state index contributed by atoms with van der Waals surface area (Å²) in [6, 6.07) is 6.93. The number of halogens is 1. The van der Waals surface area contributed by atoms with Crippen LogP contribution in [0.25, 0.3) is 0 Å². The Hall–Kier alpha value is -1.68. The Bertz CT molecular complexity index is 394. The predicted octanol–water partition coefficient (Wildman–Crippen LogP) is 2.61. The fraction of sp³-hybridized carbons (Fsp3) is 0.250. The number of urea groups is 1. The Morgan fingerprint density at radius 1 is 1.41 bits per heavy atom. The molecule has 92 valence electrons. The summed E-state index contributed by atoms with van der Waals surface area (Å²) < 4.78 is 5.12. The first-order valence-electron chi connectivity index (χ1n) is 5.16. The van der Waals surface area contributed by atoms with Crippen LogP contribution in [-0.4, -0.2) is 25.6 Å². The van der Waals surface area contributed by atoms with E-state index in [4.69, 9.17) is 16.3 Å². The SMILES string of the molecule is COc1ccccc1NC(=O)NC/C=C/CCl. The van der Waals surface area contributed by atoms with Crippen molar-refractivity contribution in [2.24, 2.45) is 0 Å². The molecule has 0 aliphatic heterocycles. The number of methoxy groups -OCH3 is 1. The van der Waals surface area contributed by atoms with Crippen LogP contribution < -0.4 is 15.4 Å². The molecule has 1 rings (SSSR count). The molecule has 17 heavy (non-hydrogen) atoms. The number of alkyl halides is 1. The maximum atomic E-state index is 11.5. The van der Waals surface area contributed by atoms with E-state index in [2.05, 4.69) is 10.6 Å². The minimum Gasteiger partial charge on any atom is -0.495 e. The lowest BCUT2D eigenvalue weighted by atomic mass is 10.3. The molecular formula is C12H15ClN2O2. The van der Waals surface area contributed by atoms with E-state index < -0.39 is 0 Å². The fourth-order valence-electron chi connectivity index (χ4n) is 1.21. The molecule has 2 N–H and O–H groups in total. The zero-order chi connectivity index (χ0) is 12.5. The van der Waals surface area contributed by atoms with E-state index in [-0.39, 0.29) is 6.03 Å². The normalized spacial score (nSPS) is 10.2. The standard InChI is InChI=1S/C12H15ClN2O2/c1-17-11-7-3-2-6-10(11)15-12(16)14-9-5-4-8-13/h2-7H,8-9H2,1H3,(H2,14,15,16)/b5-4+. The molecule has 0 saturated carbocycles. The maximum Gasteiger partial charge on any atom is 0.319 e. The van der Waals surface area contributed by atoms with Crippen LogP contribution in [0.2, 0.25) is 0 Å². The van der Waals surface area contributed by atoms with Gasteiger partial charge < -0.3 is 15.4 Å². The van der Waals surface area contributed by atoms with Crippen molar-refractivity contribution in [2.75, 3.05) is 24.9 Å². The molecule has 0 bridgehead atoms. The Morgan fingerprint density at radius 3 is 2.88 bits per heavy atom. The first-order chi connectivity index (χ1) is 8.27. The van der Waals surface area contributed by atoms with Gasteiger partial charge in [-0.15, -0.1) is 11.6 Å². The van der Waals surface area contributed by atoms with E-state index in [1.54, 1.807) is 31.4 Å². The Balaban J connectivity index is 2.47. The minimum absolute atomic E-state index is 0.284. The topological polar surface area (TPSA) is 50.4 Å². The quantitative estimate of drug-likeness (QED) is 0.627. The van der Waals surface area contributed by atoms with Crippen molar-refractivity contribution in [3.05, 3.63) is 36.4 Å². The summed E-state index contributed by atoms with van der Waals surface area (Å²) in [7, 11) is 1.56. The van der Waals surface area contributed by atoms with Crippen LogP contribution in [0.4, 0.5) is 10.5 Å². The molecule has 0 saturated heterocycles. The first-order valence-corrected chi connectivity index (χ1v) is 5.70. The molecule has 1 aromatic rings. The van der Waals surface area contributed by atoms with Gasteiger partial charge >= 0.3 is 6.03 Å². The number of hydrogen-bond acceptors (Lipinski definition) is 2. The maximum absolute atomic E-state index is 11.5. The number of benzene rings is 1. The predicted molar refractivity (Wildman–Crippen MR) is 69.9 cm³/mol. The van der Waals surface area contributed by atoms with Crippen LogP contribution >= 0.6 is 11.6 Å². The third-order valence-corrected chi connectivity index (χ3v) is 2.17. The van der Waals surface area contributed by atoms with Gasteiger partial charge in [0.05, 0.1) is 12.8 Å². The molecule has 0 aromatic heterocycles. The summed E-state index contributed by atoms with van der Waals surface area (Å²) in [6.45, 7) is 0.438. The number of hydrogen-bond donors (Lipinski definition) is 2. The highest BCUT2D eigenvalue weighted by molar-refractivity contribution is 6.18. The van der Waals surface area contributed by atoms with E-state index in [1.165, 1.54) is 0 Å². The largest absolute Gasteiger partial charge is 0.495 e. The monoisotopic (exact) mass is 254 g/mol. The average molecular weight is 255 g/mol. The molecule has 0 radical (unpaired) electrons. The fourth-order valence-corrected chi connectivity index (χ4v) is 1.34. The Kier molecular flexibility index (Phi) is 5.96. The lowest BCUT2D eigenvalue weighted by Crippen LogP contribution is -2.28. The number of nitrogens with one attached hydrogen (secondary N) is 2. The Morgan fingerprint density at radius 2 is 2.18 bits per heavy atom. The third kappa shape index (κ3) is 4.78. The van der Waals surface area contributed by atoms with Gasteiger partial charge in [-0.2, -0.15) is 0 Å². The molecule has 0 atom stereocenters. The zero-order valence-electron chi connectivity index (χ0n) is 9.57. The minimum atomic E-state index is -0.284. The molecule has 0 aliphatic carbocycles. The lowest BCUT2D eigenvalue weighted by Gasteiger charge is -2.09. The summed E-state index contributed by atoms with van der Waals surface area (Å²) in [4.78, 5) is 11.5. The van der Waals surface area contributed by atoms with Crippen molar-refractivity contribution >= 4 is 23.3 Å². The van der Waals surface area contributed by atoms with Gasteiger partial charge in [-0.1, -0.05) is 24.3 Å². The molecule has 0 fully saturated rings. The Labute approximate surface area is 106 Å². The van der Waals surface area contributed by atoms with Gasteiger partial charge in [0, 0.05) is 12.4 Å². The number of ether oxygens (including phenoxy) is 1. The summed E-state index contributed by atoms with van der Waals surface area (Å²) in [5.41, 5.74) is 0.633. The second kappa shape index (κ2) is 7.57. The molecule has 0 spiro atoms. The van der Waals surface area contributed by atoms with Gasteiger partial charge in [0.1, 0.15) is 5.75 Å². The smallest absolute Gasteiger partial charge is 0.319 e. The number of carbonyl (C=O) groups is 1. The van der Waals surface area contributed by atoms with Gasteiger partial charge in [-0.05, 0) is 12.1 Å². The van der Waals surface area contributed by atoms with E-state index in [1.807, 2.05) is 12.1 Å². The van der Waals surface area contributed by atoms with Crippen molar-refractivity contribution in [2.45, 2.75) is 0 Å². The van der Waals surface area contributed by atoms with Gasteiger partial charge in [0.25, 0.3) is 0 Å². The molecule has 0 heterocycles. The zero-order valence-corrected chi connectivity index (χ0v) is 10.3. The second-order valence-electron chi connectivity index (χ2n) is 3.16. The number of carbonyl (C=O) groups excluding carboxylic acids is 1.